The molecule has 21 heavy (non-hydrogen) atoms. The molecule has 0 bridgehead atoms. The smallest absolute Gasteiger partial charge is 0.0707 e. The highest BCUT2D eigenvalue weighted by Gasteiger charge is 2.35. The van der Waals surface area contributed by atoms with E-state index in [4.69, 9.17) is 4.74 Å². The Balaban J connectivity index is 1.43. The first-order chi connectivity index (χ1) is 10.4. The van der Waals surface area contributed by atoms with Gasteiger partial charge in [0.15, 0.2) is 0 Å². The normalized spacial score (nSPS) is 37.6. The Morgan fingerprint density at radius 1 is 1.00 bits per heavy atom. The number of piperidine rings is 1. The summed E-state index contributed by atoms with van der Waals surface area (Å²) in [6.45, 7) is 6.92. The largest absolute Gasteiger partial charge is 0.372 e. The molecule has 2 heterocycles. The number of nitrogens with zero attached hydrogens (tertiary/aromatic N) is 1. The fraction of sp³-hybridized carbons (Fsp3) is 1.00. The first kappa shape index (κ1) is 15.8. The molecule has 2 saturated heterocycles. The summed E-state index contributed by atoms with van der Waals surface area (Å²) in [7, 11) is 0. The maximum atomic E-state index is 6.29. The van der Waals surface area contributed by atoms with E-state index in [2.05, 4.69) is 17.1 Å². The Hall–Kier alpha value is -0.120. The molecule has 4 atom stereocenters. The van der Waals surface area contributed by atoms with E-state index < -0.39 is 0 Å². The number of rotatable bonds is 6. The van der Waals surface area contributed by atoms with E-state index in [-0.39, 0.29) is 0 Å². The molecule has 3 rings (SSSR count). The maximum Gasteiger partial charge on any atom is 0.0707 e. The van der Waals surface area contributed by atoms with Crippen LogP contribution in [0.15, 0.2) is 0 Å². The molecule has 4 unspecified atom stereocenters. The molecule has 0 radical (unpaired) electrons. The number of likely N-dealkylation sites (tertiary alicyclic amines) is 1. The first-order valence-electron chi connectivity index (χ1n) is 9.47. The lowest BCUT2D eigenvalue weighted by molar-refractivity contribution is -0.0124. The van der Waals surface area contributed by atoms with Crippen molar-refractivity contribution in [3.8, 4) is 0 Å². The Labute approximate surface area is 130 Å². The molecule has 3 heteroatoms. The summed E-state index contributed by atoms with van der Waals surface area (Å²) in [4.78, 5) is 2.79. The van der Waals surface area contributed by atoms with Crippen LogP contribution in [0.5, 0.6) is 0 Å². The predicted molar refractivity (Wildman–Crippen MR) is 87.6 cm³/mol. The van der Waals surface area contributed by atoms with Crippen LogP contribution in [0, 0.1) is 5.92 Å². The van der Waals surface area contributed by atoms with Gasteiger partial charge in [0.25, 0.3) is 0 Å². The van der Waals surface area contributed by atoms with Gasteiger partial charge in [0.1, 0.15) is 0 Å². The SMILES string of the molecule is CCCNCC1CCC(CN2CCCC3CCCCC32)O1. The van der Waals surface area contributed by atoms with Gasteiger partial charge in [-0.05, 0) is 64.0 Å². The van der Waals surface area contributed by atoms with Gasteiger partial charge in [0.05, 0.1) is 12.2 Å². The zero-order valence-corrected chi connectivity index (χ0v) is 13.9. The summed E-state index contributed by atoms with van der Waals surface area (Å²) in [6.07, 6.45) is 13.4. The quantitative estimate of drug-likeness (QED) is 0.762. The van der Waals surface area contributed by atoms with Crippen molar-refractivity contribution in [2.75, 3.05) is 26.2 Å². The van der Waals surface area contributed by atoms with Crippen molar-refractivity contribution in [2.24, 2.45) is 5.92 Å². The second-order valence-corrected chi connectivity index (χ2v) is 7.41. The van der Waals surface area contributed by atoms with Crippen LogP contribution in [-0.2, 0) is 4.74 Å². The van der Waals surface area contributed by atoms with Gasteiger partial charge in [-0.3, -0.25) is 4.90 Å². The van der Waals surface area contributed by atoms with Crippen molar-refractivity contribution >= 4 is 0 Å². The third-order valence-corrected chi connectivity index (χ3v) is 5.79. The van der Waals surface area contributed by atoms with Gasteiger partial charge in [0, 0.05) is 19.1 Å². The first-order valence-corrected chi connectivity index (χ1v) is 9.47. The highest BCUT2D eigenvalue weighted by molar-refractivity contribution is 4.89. The highest BCUT2D eigenvalue weighted by Crippen LogP contribution is 2.36. The van der Waals surface area contributed by atoms with Crippen LogP contribution >= 0.6 is 0 Å². The fourth-order valence-electron chi connectivity index (χ4n) is 4.72. The minimum atomic E-state index is 0.466. The van der Waals surface area contributed by atoms with Crippen molar-refractivity contribution in [3.05, 3.63) is 0 Å². The predicted octanol–water partition coefficient (Wildman–Crippen LogP) is 3.19. The molecule has 0 aromatic heterocycles. The standard InChI is InChI=1S/C18H34N2O/c1-2-11-19-13-16-9-10-17(21-16)14-20-12-5-7-15-6-3-4-8-18(15)20/h15-19H,2-14H2,1H3. The van der Waals surface area contributed by atoms with Gasteiger partial charge in [-0.2, -0.15) is 0 Å². The molecule has 1 aliphatic carbocycles. The molecule has 1 saturated carbocycles. The molecule has 122 valence electrons. The summed E-state index contributed by atoms with van der Waals surface area (Å²) in [5, 5.41) is 3.51. The summed E-state index contributed by atoms with van der Waals surface area (Å²) in [5.41, 5.74) is 0. The van der Waals surface area contributed by atoms with E-state index in [1.165, 1.54) is 70.9 Å². The average molecular weight is 294 g/mol. The molecule has 2 aliphatic heterocycles. The zero-order chi connectivity index (χ0) is 14.5. The number of fused-ring (bicyclic) bond motifs is 1. The van der Waals surface area contributed by atoms with Crippen LogP contribution in [0.4, 0.5) is 0 Å². The van der Waals surface area contributed by atoms with E-state index in [1.807, 2.05) is 0 Å². The Kier molecular flexibility index (Phi) is 5.96. The summed E-state index contributed by atoms with van der Waals surface area (Å²) in [5.74, 6) is 0.996. The summed E-state index contributed by atoms with van der Waals surface area (Å²) in [6, 6.07) is 0.883. The molecule has 0 aromatic carbocycles. The minimum Gasteiger partial charge on any atom is -0.372 e. The highest BCUT2D eigenvalue weighted by atomic mass is 16.5. The number of hydrogen-bond acceptors (Lipinski definition) is 3. The van der Waals surface area contributed by atoms with E-state index in [0.717, 1.165) is 25.0 Å². The van der Waals surface area contributed by atoms with Crippen LogP contribution in [0.2, 0.25) is 0 Å². The van der Waals surface area contributed by atoms with E-state index >= 15 is 0 Å². The molecule has 0 amide bonds. The third kappa shape index (κ3) is 4.20. The zero-order valence-electron chi connectivity index (χ0n) is 13.9. The van der Waals surface area contributed by atoms with Crippen LogP contribution in [0.1, 0.15) is 64.7 Å². The second kappa shape index (κ2) is 7.94. The van der Waals surface area contributed by atoms with E-state index in [0.29, 0.717) is 12.2 Å². The average Bonchev–Trinajstić information content (AvgIpc) is 2.96. The maximum absolute atomic E-state index is 6.29. The lowest BCUT2D eigenvalue weighted by Crippen LogP contribution is -2.49. The van der Waals surface area contributed by atoms with Gasteiger partial charge in [0.2, 0.25) is 0 Å². The summed E-state index contributed by atoms with van der Waals surface area (Å²) >= 11 is 0. The van der Waals surface area contributed by atoms with Crippen LogP contribution in [-0.4, -0.2) is 49.3 Å². The molecular formula is C18H34N2O. The van der Waals surface area contributed by atoms with Crippen molar-refractivity contribution in [1.29, 1.82) is 0 Å². The van der Waals surface area contributed by atoms with Crippen molar-refractivity contribution in [1.82, 2.24) is 10.2 Å². The van der Waals surface area contributed by atoms with Crippen LogP contribution in [0.25, 0.3) is 0 Å². The fourth-order valence-corrected chi connectivity index (χ4v) is 4.72. The molecule has 3 fully saturated rings. The molecule has 3 nitrogen and oxygen atoms in total. The van der Waals surface area contributed by atoms with Gasteiger partial charge >= 0.3 is 0 Å². The summed E-state index contributed by atoms with van der Waals surface area (Å²) < 4.78 is 6.29. The minimum absolute atomic E-state index is 0.466. The van der Waals surface area contributed by atoms with Crippen LogP contribution < -0.4 is 5.32 Å². The van der Waals surface area contributed by atoms with E-state index in [9.17, 15) is 0 Å². The number of hydrogen-bond donors (Lipinski definition) is 1. The third-order valence-electron chi connectivity index (χ3n) is 5.79. The Morgan fingerprint density at radius 2 is 1.81 bits per heavy atom. The van der Waals surface area contributed by atoms with E-state index in [1.54, 1.807) is 0 Å². The lowest BCUT2D eigenvalue weighted by atomic mass is 9.78. The monoisotopic (exact) mass is 294 g/mol. The topological polar surface area (TPSA) is 24.5 Å². The van der Waals surface area contributed by atoms with Gasteiger partial charge in [-0.15, -0.1) is 0 Å². The Morgan fingerprint density at radius 3 is 2.71 bits per heavy atom. The molecule has 3 aliphatic rings. The molecular weight excluding hydrogens is 260 g/mol. The van der Waals surface area contributed by atoms with Crippen molar-refractivity contribution in [2.45, 2.75) is 83.0 Å². The van der Waals surface area contributed by atoms with Crippen molar-refractivity contribution < 1.29 is 4.74 Å². The number of ether oxygens (including phenoxy) is 1. The molecule has 0 aromatic rings. The van der Waals surface area contributed by atoms with Gasteiger partial charge < -0.3 is 10.1 Å². The van der Waals surface area contributed by atoms with Gasteiger partial charge in [-0.1, -0.05) is 19.8 Å². The lowest BCUT2D eigenvalue weighted by Gasteiger charge is -2.45. The Bertz CT molecular complexity index is 308. The molecule has 1 N–H and O–H groups in total. The van der Waals surface area contributed by atoms with Crippen LogP contribution in [0.3, 0.4) is 0 Å². The van der Waals surface area contributed by atoms with Crippen molar-refractivity contribution in [3.63, 3.8) is 0 Å². The second-order valence-electron chi connectivity index (χ2n) is 7.41. The number of nitrogens with one attached hydrogen (secondary N) is 1. The van der Waals surface area contributed by atoms with Gasteiger partial charge in [-0.25, -0.2) is 0 Å². The molecule has 0 spiro atoms.